The van der Waals surface area contributed by atoms with Crippen LogP contribution >= 0.6 is 0 Å². The van der Waals surface area contributed by atoms with Crippen LogP contribution in [-0.4, -0.2) is 9.78 Å². The summed E-state index contributed by atoms with van der Waals surface area (Å²) in [5, 5.41) is 3.60. The Hall–Kier alpha value is -1.46. The van der Waals surface area contributed by atoms with Crippen LogP contribution in [0.25, 0.3) is 6.08 Å². The molecule has 0 fully saturated rings. The number of hydrogen-bond acceptors (Lipinski definition) is 2. The van der Waals surface area contributed by atoms with Gasteiger partial charge in [0.2, 0.25) is 0 Å². The van der Waals surface area contributed by atoms with E-state index in [0.717, 1.165) is 16.9 Å². The molecular formula is C7H8F3N3. The first-order valence-corrected chi connectivity index (χ1v) is 3.44. The molecule has 0 unspecified atom stereocenters. The minimum Gasteiger partial charge on any atom is -0.405 e. The Morgan fingerprint density at radius 1 is 1.54 bits per heavy atom. The third-order valence-corrected chi connectivity index (χ3v) is 1.46. The Labute approximate surface area is 72.6 Å². The van der Waals surface area contributed by atoms with Gasteiger partial charge >= 0.3 is 6.18 Å². The highest BCUT2D eigenvalue weighted by molar-refractivity contribution is 5.44. The van der Waals surface area contributed by atoms with Crippen molar-refractivity contribution in [2.45, 2.75) is 6.18 Å². The van der Waals surface area contributed by atoms with E-state index in [9.17, 15) is 13.2 Å². The van der Waals surface area contributed by atoms with E-state index in [4.69, 9.17) is 5.73 Å². The zero-order valence-corrected chi connectivity index (χ0v) is 6.84. The van der Waals surface area contributed by atoms with E-state index in [1.807, 2.05) is 0 Å². The molecule has 0 aliphatic carbocycles. The molecule has 2 N–H and O–H groups in total. The molecule has 0 bridgehead atoms. The highest BCUT2D eigenvalue weighted by Gasteiger charge is 2.34. The molecule has 0 saturated carbocycles. The molecule has 0 saturated heterocycles. The average Bonchev–Trinajstić information content (AvgIpc) is 2.30. The van der Waals surface area contributed by atoms with Crippen LogP contribution in [0.3, 0.4) is 0 Å². The van der Waals surface area contributed by atoms with Crippen LogP contribution in [0.15, 0.2) is 12.3 Å². The van der Waals surface area contributed by atoms with Crippen LogP contribution in [0.2, 0.25) is 0 Å². The lowest BCUT2D eigenvalue weighted by atomic mass is 10.3. The predicted molar refractivity (Wildman–Crippen MR) is 41.4 cm³/mol. The maximum absolute atomic E-state index is 12.2. The first-order valence-electron chi connectivity index (χ1n) is 3.44. The highest BCUT2D eigenvalue weighted by atomic mass is 19.4. The van der Waals surface area contributed by atoms with Crippen LogP contribution in [0.5, 0.6) is 0 Å². The van der Waals surface area contributed by atoms with Gasteiger partial charge in [0.25, 0.3) is 0 Å². The number of aryl methyl sites for hydroxylation is 1. The van der Waals surface area contributed by atoms with Gasteiger partial charge in [-0.3, -0.25) is 4.68 Å². The van der Waals surface area contributed by atoms with Gasteiger partial charge in [0.15, 0.2) is 0 Å². The standard InChI is InChI=1S/C7H8F3N3/c1-13-6(7(8,9)10)4-5(12-13)2-3-11/h2-4H,11H2,1H3/b3-2+. The Balaban J connectivity index is 3.10. The lowest BCUT2D eigenvalue weighted by Gasteiger charge is -2.04. The topological polar surface area (TPSA) is 43.8 Å². The summed E-state index contributed by atoms with van der Waals surface area (Å²) in [4.78, 5) is 0. The van der Waals surface area contributed by atoms with Crippen molar-refractivity contribution in [3.8, 4) is 0 Å². The zero-order chi connectivity index (χ0) is 10.1. The van der Waals surface area contributed by atoms with E-state index in [1.165, 1.54) is 13.1 Å². The fraction of sp³-hybridized carbons (Fsp3) is 0.286. The molecule has 0 amide bonds. The van der Waals surface area contributed by atoms with E-state index in [2.05, 4.69) is 5.10 Å². The van der Waals surface area contributed by atoms with Crippen LogP contribution in [0, 0.1) is 0 Å². The van der Waals surface area contributed by atoms with Gasteiger partial charge in [0.05, 0.1) is 5.69 Å². The van der Waals surface area contributed by atoms with Gasteiger partial charge in [-0.05, 0) is 18.3 Å². The van der Waals surface area contributed by atoms with E-state index in [-0.39, 0.29) is 5.69 Å². The third-order valence-electron chi connectivity index (χ3n) is 1.46. The fourth-order valence-electron chi connectivity index (χ4n) is 0.935. The fourth-order valence-corrected chi connectivity index (χ4v) is 0.935. The number of hydrogen-bond donors (Lipinski definition) is 1. The number of rotatable bonds is 1. The van der Waals surface area contributed by atoms with Gasteiger partial charge < -0.3 is 5.73 Å². The van der Waals surface area contributed by atoms with Crippen molar-refractivity contribution in [2.24, 2.45) is 12.8 Å². The molecule has 1 aromatic rings. The molecule has 0 atom stereocenters. The zero-order valence-electron chi connectivity index (χ0n) is 6.84. The van der Waals surface area contributed by atoms with E-state index in [0.29, 0.717) is 0 Å². The number of nitrogens with zero attached hydrogens (tertiary/aromatic N) is 2. The summed E-state index contributed by atoms with van der Waals surface area (Å²) in [5.74, 6) is 0. The molecule has 0 spiro atoms. The largest absolute Gasteiger partial charge is 0.433 e. The van der Waals surface area contributed by atoms with Gasteiger partial charge in [0, 0.05) is 7.05 Å². The smallest absolute Gasteiger partial charge is 0.405 e. The van der Waals surface area contributed by atoms with Crippen molar-refractivity contribution in [1.82, 2.24) is 9.78 Å². The lowest BCUT2D eigenvalue weighted by Crippen LogP contribution is -2.11. The summed E-state index contributed by atoms with van der Waals surface area (Å²) < 4.78 is 37.3. The number of halogens is 3. The molecule has 3 nitrogen and oxygen atoms in total. The van der Waals surface area contributed by atoms with Crippen molar-refractivity contribution in [3.05, 3.63) is 23.7 Å². The predicted octanol–water partition coefficient (Wildman–Crippen LogP) is 1.37. The summed E-state index contributed by atoms with van der Waals surface area (Å²) in [6, 6.07) is 0.934. The van der Waals surface area contributed by atoms with Crippen molar-refractivity contribution in [1.29, 1.82) is 0 Å². The van der Waals surface area contributed by atoms with E-state index >= 15 is 0 Å². The summed E-state index contributed by atoms with van der Waals surface area (Å²) in [7, 11) is 1.23. The minimum absolute atomic E-state index is 0.192. The Bertz CT molecular complexity index is 324. The van der Waals surface area contributed by atoms with Gasteiger partial charge in [-0.1, -0.05) is 0 Å². The minimum atomic E-state index is -4.37. The second kappa shape index (κ2) is 3.12. The molecular weight excluding hydrogens is 183 g/mol. The van der Waals surface area contributed by atoms with Gasteiger partial charge in [0.1, 0.15) is 5.69 Å². The molecule has 6 heteroatoms. The summed E-state index contributed by atoms with van der Waals surface area (Å²) >= 11 is 0. The SMILES string of the molecule is Cn1nc(/C=C/N)cc1C(F)(F)F. The van der Waals surface area contributed by atoms with Crippen LogP contribution in [0.4, 0.5) is 13.2 Å². The first kappa shape index (κ1) is 9.63. The van der Waals surface area contributed by atoms with Gasteiger partial charge in [-0.2, -0.15) is 18.3 Å². The quantitative estimate of drug-likeness (QED) is 0.728. The Morgan fingerprint density at radius 3 is 2.54 bits per heavy atom. The molecule has 1 aromatic heterocycles. The third kappa shape index (κ3) is 2.01. The van der Waals surface area contributed by atoms with Gasteiger partial charge in [-0.15, -0.1) is 0 Å². The van der Waals surface area contributed by atoms with Crippen molar-refractivity contribution in [3.63, 3.8) is 0 Å². The highest BCUT2D eigenvalue weighted by Crippen LogP contribution is 2.29. The second-order valence-electron chi connectivity index (χ2n) is 2.43. The molecule has 1 heterocycles. The monoisotopic (exact) mass is 191 g/mol. The Morgan fingerprint density at radius 2 is 2.15 bits per heavy atom. The van der Waals surface area contributed by atoms with Gasteiger partial charge in [-0.25, -0.2) is 0 Å². The number of nitrogens with two attached hydrogens (primary N) is 1. The number of alkyl halides is 3. The number of aromatic nitrogens is 2. The molecule has 1 rings (SSSR count). The normalized spacial score (nSPS) is 12.6. The second-order valence-corrected chi connectivity index (χ2v) is 2.43. The first-order chi connectivity index (χ1) is 5.95. The average molecular weight is 191 g/mol. The van der Waals surface area contributed by atoms with Crippen molar-refractivity contribution >= 4 is 6.08 Å². The maximum Gasteiger partial charge on any atom is 0.433 e. The maximum atomic E-state index is 12.2. The molecule has 72 valence electrons. The summed E-state index contributed by atoms with van der Waals surface area (Å²) in [6.45, 7) is 0. The van der Waals surface area contributed by atoms with E-state index in [1.54, 1.807) is 0 Å². The Kier molecular flexibility index (Phi) is 2.31. The molecule has 0 aliphatic rings. The van der Waals surface area contributed by atoms with Crippen LogP contribution in [-0.2, 0) is 13.2 Å². The van der Waals surface area contributed by atoms with Crippen LogP contribution in [0.1, 0.15) is 11.4 Å². The molecule has 0 aliphatic heterocycles. The van der Waals surface area contributed by atoms with Crippen molar-refractivity contribution < 1.29 is 13.2 Å². The molecule has 13 heavy (non-hydrogen) atoms. The molecule has 0 radical (unpaired) electrons. The summed E-state index contributed by atoms with van der Waals surface area (Å²) in [5.41, 5.74) is 4.42. The van der Waals surface area contributed by atoms with Crippen LogP contribution < -0.4 is 5.73 Å². The van der Waals surface area contributed by atoms with Crippen molar-refractivity contribution in [2.75, 3.05) is 0 Å². The van der Waals surface area contributed by atoms with E-state index < -0.39 is 11.9 Å². The lowest BCUT2D eigenvalue weighted by molar-refractivity contribution is -0.143. The molecule has 0 aromatic carbocycles. The summed E-state index contributed by atoms with van der Waals surface area (Å²) in [6.07, 6.45) is -1.93.